The molecule has 1 aromatic carbocycles. The van der Waals surface area contributed by atoms with Crippen molar-refractivity contribution in [2.24, 2.45) is 0 Å². The van der Waals surface area contributed by atoms with Crippen LogP contribution >= 0.6 is 0 Å². The average molecular weight is 300 g/mol. The van der Waals surface area contributed by atoms with E-state index in [-0.39, 0.29) is 11.9 Å². The normalized spacial score (nSPS) is 12.4. The molecule has 5 nitrogen and oxygen atoms in total. The van der Waals surface area contributed by atoms with Crippen molar-refractivity contribution in [3.05, 3.63) is 53.6 Å². The lowest BCUT2D eigenvalue weighted by Gasteiger charge is -2.17. The maximum absolute atomic E-state index is 12.3. The van der Waals surface area contributed by atoms with Crippen molar-refractivity contribution in [2.75, 3.05) is 14.1 Å². The highest BCUT2D eigenvalue weighted by Gasteiger charge is 2.16. The molecule has 0 aliphatic carbocycles. The van der Waals surface area contributed by atoms with E-state index in [1.165, 1.54) is 5.56 Å². The van der Waals surface area contributed by atoms with E-state index in [1.54, 1.807) is 6.20 Å². The van der Waals surface area contributed by atoms with E-state index in [0.717, 1.165) is 17.9 Å². The first-order valence-corrected chi connectivity index (χ1v) is 7.47. The summed E-state index contributed by atoms with van der Waals surface area (Å²) in [5.41, 5.74) is 2.39. The molecule has 1 amide bonds. The van der Waals surface area contributed by atoms with E-state index in [2.05, 4.69) is 27.3 Å². The second kappa shape index (κ2) is 7.22. The van der Waals surface area contributed by atoms with E-state index in [1.807, 2.05) is 50.8 Å². The fourth-order valence-electron chi connectivity index (χ4n) is 2.48. The summed E-state index contributed by atoms with van der Waals surface area (Å²) in [4.78, 5) is 18.6. The van der Waals surface area contributed by atoms with Crippen LogP contribution in [0, 0.1) is 6.92 Å². The van der Waals surface area contributed by atoms with Crippen LogP contribution in [0.5, 0.6) is 0 Å². The number of nitrogens with zero attached hydrogens (tertiary/aromatic N) is 3. The highest BCUT2D eigenvalue weighted by molar-refractivity contribution is 5.79. The Balaban J connectivity index is 2.01. The van der Waals surface area contributed by atoms with Gasteiger partial charge in [-0.1, -0.05) is 24.3 Å². The number of carbonyl (C=O) groups excluding carboxylic acids is 1. The Labute approximate surface area is 132 Å². The fraction of sp³-hybridized carbons (Fsp3) is 0.412. The van der Waals surface area contributed by atoms with Crippen LogP contribution in [0.15, 0.2) is 36.7 Å². The van der Waals surface area contributed by atoms with Gasteiger partial charge in [-0.25, -0.2) is 4.98 Å². The Morgan fingerprint density at radius 1 is 1.32 bits per heavy atom. The van der Waals surface area contributed by atoms with E-state index < -0.39 is 0 Å². The molecule has 0 bridgehead atoms. The highest BCUT2D eigenvalue weighted by atomic mass is 16.2. The number of hydrogen-bond acceptors (Lipinski definition) is 3. The number of carbonyl (C=O) groups is 1. The van der Waals surface area contributed by atoms with E-state index in [4.69, 9.17) is 0 Å². The minimum Gasteiger partial charge on any atom is -0.350 e. The molecule has 0 aliphatic heterocycles. The van der Waals surface area contributed by atoms with Gasteiger partial charge in [0, 0.05) is 25.5 Å². The summed E-state index contributed by atoms with van der Waals surface area (Å²) in [5, 5.41) is 3.02. The monoisotopic (exact) mass is 300 g/mol. The summed E-state index contributed by atoms with van der Waals surface area (Å²) < 4.78 is 1.88. The van der Waals surface area contributed by atoms with Crippen molar-refractivity contribution in [1.82, 2.24) is 19.8 Å². The molecule has 2 rings (SSSR count). The highest BCUT2D eigenvalue weighted by Crippen LogP contribution is 2.12. The molecule has 0 unspecified atom stereocenters. The minimum absolute atomic E-state index is 0.000700. The topological polar surface area (TPSA) is 50.2 Å². The second-order valence-electron chi connectivity index (χ2n) is 5.78. The van der Waals surface area contributed by atoms with Crippen molar-refractivity contribution in [3.63, 3.8) is 0 Å². The predicted molar refractivity (Wildman–Crippen MR) is 87.4 cm³/mol. The maximum Gasteiger partial charge on any atom is 0.243 e. The standard InChI is InChI=1S/C17H24N4O/c1-13(21-10-9-18-14(21)2)17(22)19-11-15-7-5-6-8-16(15)12-20(3)4/h5-10,13H,11-12H2,1-4H3,(H,19,22)/t13-/m1/s1. The lowest BCUT2D eigenvalue weighted by molar-refractivity contribution is -0.124. The van der Waals surface area contributed by atoms with Crippen LogP contribution in [0.1, 0.15) is 29.9 Å². The molecule has 0 aliphatic rings. The van der Waals surface area contributed by atoms with Gasteiger partial charge in [-0.15, -0.1) is 0 Å². The van der Waals surface area contributed by atoms with E-state index in [0.29, 0.717) is 6.54 Å². The van der Waals surface area contributed by atoms with Gasteiger partial charge in [-0.05, 0) is 39.1 Å². The van der Waals surface area contributed by atoms with Gasteiger partial charge < -0.3 is 14.8 Å². The van der Waals surface area contributed by atoms with Gasteiger partial charge >= 0.3 is 0 Å². The predicted octanol–water partition coefficient (Wildman–Crippen LogP) is 2.13. The molecule has 0 saturated carbocycles. The van der Waals surface area contributed by atoms with Crippen molar-refractivity contribution < 1.29 is 4.79 Å². The number of aryl methyl sites for hydroxylation is 1. The van der Waals surface area contributed by atoms with Crippen molar-refractivity contribution >= 4 is 5.91 Å². The molecule has 118 valence electrons. The summed E-state index contributed by atoms with van der Waals surface area (Å²) in [5.74, 6) is 0.844. The molecule has 5 heteroatoms. The number of benzene rings is 1. The number of nitrogens with one attached hydrogen (secondary N) is 1. The van der Waals surface area contributed by atoms with Gasteiger partial charge in [-0.2, -0.15) is 0 Å². The van der Waals surface area contributed by atoms with Gasteiger partial charge in [0.2, 0.25) is 5.91 Å². The zero-order valence-corrected chi connectivity index (χ0v) is 13.7. The number of amides is 1. The van der Waals surface area contributed by atoms with Crippen molar-refractivity contribution in [1.29, 1.82) is 0 Å². The zero-order valence-electron chi connectivity index (χ0n) is 13.7. The lowest BCUT2D eigenvalue weighted by Crippen LogP contribution is -2.31. The first-order valence-electron chi connectivity index (χ1n) is 7.47. The molecule has 0 saturated heterocycles. The van der Waals surface area contributed by atoms with Gasteiger partial charge in [0.05, 0.1) is 0 Å². The van der Waals surface area contributed by atoms with Crippen LogP contribution in [0.3, 0.4) is 0 Å². The van der Waals surface area contributed by atoms with Crippen LogP contribution in [0.4, 0.5) is 0 Å². The maximum atomic E-state index is 12.3. The number of aromatic nitrogens is 2. The minimum atomic E-state index is -0.261. The molecule has 22 heavy (non-hydrogen) atoms. The molecule has 1 atom stereocenters. The summed E-state index contributed by atoms with van der Waals surface area (Å²) in [6.45, 7) is 5.19. The average Bonchev–Trinajstić information content (AvgIpc) is 2.90. The van der Waals surface area contributed by atoms with E-state index >= 15 is 0 Å². The third-order valence-corrected chi connectivity index (χ3v) is 3.72. The first-order chi connectivity index (χ1) is 10.5. The van der Waals surface area contributed by atoms with Crippen LogP contribution in [-0.4, -0.2) is 34.5 Å². The molecule has 0 fully saturated rings. The van der Waals surface area contributed by atoms with Gasteiger partial charge in [-0.3, -0.25) is 4.79 Å². The smallest absolute Gasteiger partial charge is 0.243 e. The Hall–Kier alpha value is -2.14. The Morgan fingerprint density at radius 2 is 2.00 bits per heavy atom. The lowest BCUT2D eigenvalue weighted by atomic mass is 10.1. The van der Waals surface area contributed by atoms with Crippen LogP contribution in [-0.2, 0) is 17.9 Å². The number of imidazole rings is 1. The molecule has 1 heterocycles. The Kier molecular flexibility index (Phi) is 5.33. The van der Waals surface area contributed by atoms with Crippen molar-refractivity contribution in [3.8, 4) is 0 Å². The largest absolute Gasteiger partial charge is 0.350 e. The fourth-order valence-corrected chi connectivity index (χ4v) is 2.48. The number of rotatable bonds is 6. The van der Waals surface area contributed by atoms with Crippen LogP contribution in [0.25, 0.3) is 0 Å². The third kappa shape index (κ3) is 3.95. The Bertz CT molecular complexity index is 633. The van der Waals surface area contributed by atoms with Crippen LogP contribution < -0.4 is 5.32 Å². The first kappa shape index (κ1) is 16.2. The van der Waals surface area contributed by atoms with Gasteiger partial charge in [0.25, 0.3) is 0 Å². The molecule has 0 radical (unpaired) electrons. The third-order valence-electron chi connectivity index (χ3n) is 3.72. The summed E-state index contributed by atoms with van der Waals surface area (Å²) in [7, 11) is 4.08. The Morgan fingerprint density at radius 3 is 2.59 bits per heavy atom. The zero-order chi connectivity index (χ0) is 16.1. The van der Waals surface area contributed by atoms with E-state index in [9.17, 15) is 4.79 Å². The summed E-state index contributed by atoms with van der Waals surface area (Å²) >= 11 is 0. The van der Waals surface area contributed by atoms with Crippen molar-refractivity contribution in [2.45, 2.75) is 33.0 Å². The van der Waals surface area contributed by atoms with Crippen LogP contribution in [0.2, 0.25) is 0 Å². The molecule has 1 N–H and O–H groups in total. The molecule has 0 spiro atoms. The quantitative estimate of drug-likeness (QED) is 0.889. The SMILES string of the molecule is Cc1nccn1[C@H](C)C(=O)NCc1ccccc1CN(C)C. The molecule has 2 aromatic rings. The van der Waals surface area contributed by atoms with Gasteiger partial charge in [0.1, 0.15) is 11.9 Å². The summed E-state index contributed by atoms with van der Waals surface area (Å²) in [6, 6.07) is 7.94. The summed E-state index contributed by atoms with van der Waals surface area (Å²) in [6.07, 6.45) is 3.55. The second-order valence-corrected chi connectivity index (χ2v) is 5.78. The molecule has 1 aromatic heterocycles. The molecular weight excluding hydrogens is 276 g/mol. The molecular formula is C17H24N4O. The number of hydrogen-bond donors (Lipinski definition) is 1. The van der Waals surface area contributed by atoms with Gasteiger partial charge in [0.15, 0.2) is 0 Å².